The van der Waals surface area contributed by atoms with E-state index in [-0.39, 0.29) is 5.91 Å². The summed E-state index contributed by atoms with van der Waals surface area (Å²) < 4.78 is 0. The Bertz CT molecular complexity index is 739. The number of hydrogen-bond acceptors (Lipinski definition) is 6. The molecular weight excluding hydrogens is 328 g/mol. The van der Waals surface area contributed by atoms with Crippen LogP contribution in [0.2, 0.25) is 0 Å². The van der Waals surface area contributed by atoms with Crippen LogP contribution < -0.4 is 9.80 Å². The quantitative estimate of drug-likeness (QED) is 0.818. The third-order valence-electron chi connectivity index (χ3n) is 4.65. The Morgan fingerprint density at radius 1 is 1.08 bits per heavy atom. The Morgan fingerprint density at radius 2 is 1.77 bits per heavy atom. The van der Waals surface area contributed by atoms with Crippen LogP contribution in [-0.2, 0) is 0 Å². The minimum atomic E-state index is -0.0335. The Kier molecular flexibility index (Phi) is 5.65. The topological polar surface area (TPSA) is 65.5 Å². The highest BCUT2D eigenvalue weighted by atomic mass is 16.2. The molecule has 0 saturated carbocycles. The molecule has 0 atom stereocenters. The van der Waals surface area contributed by atoms with Gasteiger partial charge in [-0.05, 0) is 39.0 Å². The molecule has 1 aliphatic rings. The number of hydrogen-bond donors (Lipinski definition) is 0. The molecule has 0 aromatic carbocycles. The molecule has 138 valence electrons. The zero-order valence-electron chi connectivity index (χ0n) is 15.7. The molecule has 1 aliphatic heterocycles. The molecule has 0 bridgehead atoms. The number of pyridine rings is 1. The van der Waals surface area contributed by atoms with Crippen molar-refractivity contribution in [1.82, 2.24) is 19.9 Å². The smallest absolute Gasteiger partial charge is 0.272 e. The lowest BCUT2D eigenvalue weighted by atomic mass is 10.2. The summed E-state index contributed by atoms with van der Waals surface area (Å²) >= 11 is 0. The lowest BCUT2D eigenvalue weighted by molar-refractivity contribution is 0.0767. The van der Waals surface area contributed by atoms with Crippen LogP contribution in [0.1, 0.15) is 30.0 Å². The molecular formula is C19H26N6O. The van der Waals surface area contributed by atoms with Gasteiger partial charge in [-0.25, -0.2) is 15.0 Å². The average Bonchev–Trinajstić information content (AvgIpc) is 2.69. The first-order chi connectivity index (χ1) is 12.6. The minimum absolute atomic E-state index is 0.0335. The number of carbonyl (C=O) groups excluding carboxylic acids is 1. The minimum Gasteiger partial charge on any atom is -0.353 e. The molecule has 0 N–H and O–H groups in total. The van der Waals surface area contributed by atoms with Gasteiger partial charge < -0.3 is 14.7 Å². The second-order valence-corrected chi connectivity index (χ2v) is 6.33. The third-order valence-corrected chi connectivity index (χ3v) is 4.65. The van der Waals surface area contributed by atoms with E-state index in [1.165, 1.54) is 0 Å². The van der Waals surface area contributed by atoms with Gasteiger partial charge in [-0.1, -0.05) is 6.07 Å². The zero-order chi connectivity index (χ0) is 18.5. The summed E-state index contributed by atoms with van der Waals surface area (Å²) in [5, 5.41) is 0. The second kappa shape index (κ2) is 8.12. The number of piperazine rings is 1. The van der Waals surface area contributed by atoms with Gasteiger partial charge in [0, 0.05) is 51.2 Å². The van der Waals surface area contributed by atoms with Crippen molar-refractivity contribution >= 4 is 17.7 Å². The van der Waals surface area contributed by atoms with Crippen molar-refractivity contribution in [3.8, 4) is 0 Å². The van der Waals surface area contributed by atoms with E-state index in [2.05, 4.69) is 24.8 Å². The fourth-order valence-electron chi connectivity index (χ4n) is 3.15. The number of rotatable bonds is 5. The summed E-state index contributed by atoms with van der Waals surface area (Å²) in [5.41, 5.74) is 1.29. The summed E-state index contributed by atoms with van der Waals surface area (Å²) in [4.78, 5) is 32.4. The van der Waals surface area contributed by atoms with E-state index >= 15 is 0 Å². The van der Waals surface area contributed by atoms with Crippen LogP contribution in [0.15, 0.2) is 30.5 Å². The fourth-order valence-corrected chi connectivity index (χ4v) is 3.15. The van der Waals surface area contributed by atoms with E-state index in [0.717, 1.165) is 37.7 Å². The SMILES string of the molecule is CCN(CC)C(=O)c1cc(C)nc(N2CCN(c3ccccn3)CC2)n1. The van der Waals surface area contributed by atoms with Crippen molar-refractivity contribution in [2.75, 3.05) is 49.1 Å². The second-order valence-electron chi connectivity index (χ2n) is 6.33. The summed E-state index contributed by atoms with van der Waals surface area (Å²) in [6, 6.07) is 7.73. The van der Waals surface area contributed by atoms with E-state index in [1.807, 2.05) is 45.2 Å². The summed E-state index contributed by atoms with van der Waals surface area (Å²) in [5.74, 6) is 1.60. The molecule has 26 heavy (non-hydrogen) atoms. The third kappa shape index (κ3) is 3.92. The monoisotopic (exact) mass is 354 g/mol. The predicted octanol–water partition coefficient (Wildman–Crippen LogP) is 1.99. The van der Waals surface area contributed by atoms with E-state index < -0.39 is 0 Å². The van der Waals surface area contributed by atoms with Crippen LogP contribution in [0.25, 0.3) is 0 Å². The molecule has 1 amide bonds. The van der Waals surface area contributed by atoms with Crippen molar-refractivity contribution in [2.45, 2.75) is 20.8 Å². The molecule has 2 aromatic heterocycles. The Morgan fingerprint density at radius 3 is 2.38 bits per heavy atom. The van der Waals surface area contributed by atoms with E-state index in [0.29, 0.717) is 24.7 Å². The van der Waals surface area contributed by atoms with Crippen LogP contribution in [0.5, 0.6) is 0 Å². The Balaban J connectivity index is 1.73. The lowest BCUT2D eigenvalue weighted by Crippen LogP contribution is -2.47. The van der Waals surface area contributed by atoms with Gasteiger partial charge in [-0.3, -0.25) is 4.79 Å². The zero-order valence-corrected chi connectivity index (χ0v) is 15.7. The Hall–Kier alpha value is -2.70. The maximum Gasteiger partial charge on any atom is 0.272 e. The fraction of sp³-hybridized carbons (Fsp3) is 0.474. The maximum atomic E-state index is 12.6. The normalized spacial score (nSPS) is 14.4. The van der Waals surface area contributed by atoms with Gasteiger partial charge in [0.2, 0.25) is 5.95 Å². The molecule has 3 rings (SSSR count). The molecule has 2 aromatic rings. The number of aromatic nitrogens is 3. The van der Waals surface area contributed by atoms with E-state index in [1.54, 1.807) is 11.0 Å². The average molecular weight is 354 g/mol. The number of amides is 1. The molecule has 0 radical (unpaired) electrons. The number of anilines is 2. The highest BCUT2D eigenvalue weighted by Crippen LogP contribution is 2.17. The van der Waals surface area contributed by atoms with Crippen LogP contribution in [0.3, 0.4) is 0 Å². The van der Waals surface area contributed by atoms with Gasteiger partial charge >= 0.3 is 0 Å². The van der Waals surface area contributed by atoms with Gasteiger partial charge in [-0.2, -0.15) is 0 Å². The highest BCUT2D eigenvalue weighted by Gasteiger charge is 2.22. The van der Waals surface area contributed by atoms with Gasteiger partial charge in [0.25, 0.3) is 5.91 Å². The molecule has 1 fully saturated rings. The first-order valence-electron chi connectivity index (χ1n) is 9.18. The number of nitrogens with zero attached hydrogens (tertiary/aromatic N) is 6. The van der Waals surface area contributed by atoms with Gasteiger partial charge in [-0.15, -0.1) is 0 Å². The predicted molar refractivity (Wildman–Crippen MR) is 103 cm³/mol. The van der Waals surface area contributed by atoms with Crippen molar-refractivity contribution in [2.24, 2.45) is 0 Å². The summed E-state index contributed by atoms with van der Waals surface area (Å²) in [7, 11) is 0. The van der Waals surface area contributed by atoms with E-state index in [9.17, 15) is 4.79 Å². The number of aryl methyl sites for hydroxylation is 1. The molecule has 7 nitrogen and oxygen atoms in total. The maximum absolute atomic E-state index is 12.6. The molecule has 1 saturated heterocycles. The van der Waals surface area contributed by atoms with Crippen molar-refractivity contribution in [1.29, 1.82) is 0 Å². The molecule has 0 spiro atoms. The largest absolute Gasteiger partial charge is 0.353 e. The van der Waals surface area contributed by atoms with Gasteiger partial charge in [0.1, 0.15) is 11.5 Å². The first-order valence-corrected chi connectivity index (χ1v) is 9.18. The standard InChI is InChI=1S/C19H26N6O/c1-4-23(5-2)18(26)16-14-15(3)21-19(22-16)25-12-10-24(11-13-25)17-8-6-7-9-20-17/h6-9,14H,4-5,10-13H2,1-3H3. The highest BCUT2D eigenvalue weighted by molar-refractivity contribution is 5.92. The van der Waals surface area contributed by atoms with Gasteiger partial charge in [0.05, 0.1) is 0 Å². The molecule has 0 unspecified atom stereocenters. The molecule has 7 heteroatoms. The van der Waals surface area contributed by atoms with Crippen LogP contribution in [0, 0.1) is 6.92 Å². The summed E-state index contributed by atoms with van der Waals surface area (Å²) in [6.07, 6.45) is 1.82. The van der Waals surface area contributed by atoms with Crippen molar-refractivity contribution < 1.29 is 4.79 Å². The summed E-state index contributed by atoms with van der Waals surface area (Å²) in [6.45, 7) is 10.5. The number of carbonyl (C=O) groups is 1. The van der Waals surface area contributed by atoms with Crippen molar-refractivity contribution in [3.05, 3.63) is 41.9 Å². The van der Waals surface area contributed by atoms with Crippen LogP contribution in [0.4, 0.5) is 11.8 Å². The van der Waals surface area contributed by atoms with Gasteiger partial charge in [0.15, 0.2) is 0 Å². The first kappa shape index (κ1) is 18.1. The van der Waals surface area contributed by atoms with Crippen LogP contribution >= 0.6 is 0 Å². The van der Waals surface area contributed by atoms with Crippen molar-refractivity contribution in [3.63, 3.8) is 0 Å². The molecule has 3 heterocycles. The van der Waals surface area contributed by atoms with E-state index in [4.69, 9.17) is 0 Å². The van der Waals surface area contributed by atoms with Crippen LogP contribution in [-0.4, -0.2) is 65.0 Å². The molecule has 0 aliphatic carbocycles. The Labute approximate surface area is 154 Å². The lowest BCUT2D eigenvalue weighted by Gasteiger charge is -2.35.